The number of nitro benzene ring substituents is 1. The number of hydrogen-bond donors (Lipinski definition) is 0. The molecule has 0 fully saturated rings. The van der Waals surface area contributed by atoms with Crippen LogP contribution in [-0.4, -0.2) is 25.7 Å². The molecule has 0 aliphatic carbocycles. The van der Waals surface area contributed by atoms with E-state index in [-0.39, 0.29) is 22.0 Å². The van der Waals surface area contributed by atoms with Gasteiger partial charge in [0.1, 0.15) is 12.1 Å². The van der Waals surface area contributed by atoms with Crippen molar-refractivity contribution >= 4 is 46.6 Å². The van der Waals surface area contributed by atoms with Gasteiger partial charge in [0.05, 0.1) is 25.4 Å². The molecule has 0 spiro atoms. The second-order valence-electron chi connectivity index (χ2n) is 5.23. The van der Waals surface area contributed by atoms with Crippen LogP contribution in [0.25, 0.3) is 0 Å². The molecule has 0 N–H and O–H groups in total. The highest BCUT2D eigenvalue weighted by Crippen LogP contribution is 2.34. The van der Waals surface area contributed by atoms with Crippen molar-refractivity contribution in [2.45, 2.75) is 10.1 Å². The van der Waals surface area contributed by atoms with Crippen molar-refractivity contribution in [1.29, 1.82) is 0 Å². The molecule has 2 aromatic carbocycles. The summed E-state index contributed by atoms with van der Waals surface area (Å²) in [4.78, 5) is 23.5. The number of rotatable bonds is 5. The standard InChI is InChI=1S/C16H10Cl2N4O4S/c1-21-8-19-20-16(21)27-14-5-2-9(6-13(14)22(24)25)15(23)26-10-3-4-11(17)12(18)7-10/h2-8H,1H3. The third-order valence-corrected chi connectivity index (χ3v) is 5.22. The Labute approximate surface area is 167 Å². The van der Waals surface area contributed by atoms with Gasteiger partial charge in [-0.2, -0.15) is 0 Å². The van der Waals surface area contributed by atoms with E-state index in [4.69, 9.17) is 27.9 Å². The maximum atomic E-state index is 12.3. The van der Waals surface area contributed by atoms with Crippen molar-refractivity contribution in [1.82, 2.24) is 14.8 Å². The Morgan fingerprint density at radius 2 is 2.00 bits per heavy atom. The van der Waals surface area contributed by atoms with E-state index >= 15 is 0 Å². The van der Waals surface area contributed by atoms with Crippen LogP contribution in [0.1, 0.15) is 10.4 Å². The van der Waals surface area contributed by atoms with Crippen LogP contribution in [0.4, 0.5) is 5.69 Å². The number of carbonyl (C=O) groups excluding carboxylic acids is 1. The van der Waals surface area contributed by atoms with E-state index in [1.54, 1.807) is 11.6 Å². The summed E-state index contributed by atoms with van der Waals surface area (Å²) in [6, 6.07) is 8.38. The molecular weight excluding hydrogens is 415 g/mol. The Morgan fingerprint density at radius 1 is 1.22 bits per heavy atom. The van der Waals surface area contributed by atoms with Gasteiger partial charge in [-0.25, -0.2) is 4.79 Å². The fraction of sp³-hybridized carbons (Fsp3) is 0.0625. The fourth-order valence-electron chi connectivity index (χ4n) is 2.04. The molecule has 0 saturated heterocycles. The third kappa shape index (κ3) is 4.38. The number of aromatic nitrogens is 3. The highest BCUT2D eigenvalue weighted by atomic mass is 35.5. The summed E-state index contributed by atoms with van der Waals surface area (Å²) in [6.07, 6.45) is 1.48. The van der Waals surface area contributed by atoms with Crippen LogP contribution < -0.4 is 4.74 Å². The number of ether oxygens (including phenoxy) is 1. The van der Waals surface area contributed by atoms with Gasteiger partial charge < -0.3 is 9.30 Å². The molecule has 0 unspecified atom stereocenters. The second kappa shape index (κ2) is 7.95. The zero-order chi connectivity index (χ0) is 19.6. The first-order valence-electron chi connectivity index (χ1n) is 7.32. The second-order valence-corrected chi connectivity index (χ2v) is 7.06. The Morgan fingerprint density at radius 3 is 2.63 bits per heavy atom. The summed E-state index contributed by atoms with van der Waals surface area (Å²) in [5.41, 5.74) is -0.221. The smallest absolute Gasteiger partial charge is 0.343 e. The molecule has 3 rings (SSSR count). The van der Waals surface area contributed by atoms with Gasteiger partial charge in [0.25, 0.3) is 5.69 Å². The lowest BCUT2D eigenvalue weighted by atomic mass is 10.2. The zero-order valence-corrected chi connectivity index (χ0v) is 16.0. The average Bonchev–Trinajstić information content (AvgIpc) is 3.03. The highest BCUT2D eigenvalue weighted by molar-refractivity contribution is 7.99. The first-order valence-corrected chi connectivity index (χ1v) is 8.90. The van der Waals surface area contributed by atoms with E-state index in [0.29, 0.717) is 15.1 Å². The lowest BCUT2D eigenvalue weighted by molar-refractivity contribution is -0.387. The predicted molar refractivity (Wildman–Crippen MR) is 99.6 cm³/mol. The fourth-order valence-corrected chi connectivity index (χ4v) is 3.18. The highest BCUT2D eigenvalue weighted by Gasteiger charge is 2.21. The van der Waals surface area contributed by atoms with Crippen molar-refractivity contribution in [2.75, 3.05) is 0 Å². The van der Waals surface area contributed by atoms with Crippen molar-refractivity contribution in [2.24, 2.45) is 7.05 Å². The van der Waals surface area contributed by atoms with E-state index in [2.05, 4.69) is 10.2 Å². The van der Waals surface area contributed by atoms with Crippen molar-refractivity contribution in [3.63, 3.8) is 0 Å². The van der Waals surface area contributed by atoms with Crippen molar-refractivity contribution < 1.29 is 14.5 Å². The number of nitro groups is 1. The molecular formula is C16H10Cl2N4O4S. The molecule has 8 nitrogen and oxygen atoms in total. The average molecular weight is 425 g/mol. The van der Waals surface area contributed by atoms with Gasteiger partial charge in [-0.1, -0.05) is 23.2 Å². The zero-order valence-electron chi connectivity index (χ0n) is 13.6. The molecule has 11 heteroatoms. The van der Waals surface area contributed by atoms with Crippen molar-refractivity contribution in [3.8, 4) is 5.75 Å². The van der Waals surface area contributed by atoms with Gasteiger partial charge in [0.15, 0.2) is 5.16 Å². The molecule has 1 heterocycles. The Balaban J connectivity index is 1.86. The van der Waals surface area contributed by atoms with Crippen LogP contribution in [-0.2, 0) is 7.05 Å². The largest absolute Gasteiger partial charge is 0.423 e. The van der Waals surface area contributed by atoms with E-state index < -0.39 is 10.9 Å². The summed E-state index contributed by atoms with van der Waals surface area (Å²) in [5.74, 6) is -0.582. The van der Waals surface area contributed by atoms with Crippen molar-refractivity contribution in [3.05, 3.63) is 68.4 Å². The van der Waals surface area contributed by atoms with Gasteiger partial charge in [-0.3, -0.25) is 10.1 Å². The van der Waals surface area contributed by atoms with Gasteiger partial charge in [-0.05, 0) is 36.0 Å². The predicted octanol–water partition coefficient (Wildman–Crippen LogP) is 4.40. The quantitative estimate of drug-likeness (QED) is 0.259. The molecule has 138 valence electrons. The molecule has 0 radical (unpaired) electrons. The van der Waals surface area contributed by atoms with Crippen LogP contribution in [0.15, 0.2) is 52.8 Å². The van der Waals surface area contributed by atoms with Crippen LogP contribution in [0.5, 0.6) is 5.75 Å². The number of hydrogen-bond acceptors (Lipinski definition) is 7. The molecule has 0 saturated carbocycles. The number of esters is 1. The van der Waals surface area contributed by atoms with Crippen LogP contribution in [0.2, 0.25) is 10.0 Å². The summed E-state index contributed by atoms with van der Waals surface area (Å²) in [5, 5.41) is 20.0. The lowest BCUT2D eigenvalue weighted by Crippen LogP contribution is -2.09. The molecule has 0 aliphatic heterocycles. The summed E-state index contributed by atoms with van der Waals surface area (Å²) in [6.45, 7) is 0. The minimum Gasteiger partial charge on any atom is -0.423 e. The van der Waals surface area contributed by atoms with Gasteiger partial charge >= 0.3 is 5.97 Å². The molecule has 0 atom stereocenters. The van der Waals surface area contributed by atoms with E-state index in [9.17, 15) is 14.9 Å². The Kier molecular flexibility index (Phi) is 5.64. The van der Waals surface area contributed by atoms with Gasteiger partial charge in [0, 0.05) is 19.2 Å². The summed E-state index contributed by atoms with van der Waals surface area (Å²) >= 11 is 12.8. The first kappa shape index (κ1) is 19.2. The summed E-state index contributed by atoms with van der Waals surface area (Å²) in [7, 11) is 1.72. The molecule has 3 aromatic rings. The maximum absolute atomic E-state index is 12.3. The molecule has 1 aromatic heterocycles. The number of halogens is 2. The number of carbonyl (C=O) groups is 1. The molecule has 0 amide bonds. The monoisotopic (exact) mass is 424 g/mol. The van der Waals surface area contributed by atoms with Crippen LogP contribution in [0.3, 0.4) is 0 Å². The minimum absolute atomic E-state index is 0.0232. The molecule has 0 bridgehead atoms. The minimum atomic E-state index is -0.758. The third-order valence-electron chi connectivity index (χ3n) is 3.36. The van der Waals surface area contributed by atoms with Crippen LogP contribution >= 0.6 is 35.0 Å². The van der Waals surface area contributed by atoms with Crippen LogP contribution in [0, 0.1) is 10.1 Å². The summed E-state index contributed by atoms with van der Waals surface area (Å²) < 4.78 is 6.82. The molecule has 0 aliphatic rings. The van der Waals surface area contributed by atoms with E-state index in [0.717, 1.165) is 17.8 Å². The van der Waals surface area contributed by atoms with Gasteiger partial charge in [0.2, 0.25) is 0 Å². The lowest BCUT2D eigenvalue weighted by Gasteiger charge is -2.07. The topological polar surface area (TPSA) is 100 Å². The van der Waals surface area contributed by atoms with Gasteiger partial charge in [-0.15, -0.1) is 10.2 Å². The Bertz CT molecular complexity index is 1040. The number of nitrogens with zero attached hydrogens (tertiary/aromatic N) is 4. The van der Waals surface area contributed by atoms with E-state index in [1.807, 2.05) is 0 Å². The number of aryl methyl sites for hydroxylation is 1. The van der Waals surface area contributed by atoms with E-state index in [1.165, 1.54) is 36.7 Å². The first-order chi connectivity index (χ1) is 12.8. The molecule has 27 heavy (non-hydrogen) atoms. The number of benzene rings is 2. The Hall–Kier alpha value is -2.62. The maximum Gasteiger partial charge on any atom is 0.343 e. The normalized spacial score (nSPS) is 10.6. The SMILES string of the molecule is Cn1cnnc1Sc1ccc(C(=O)Oc2ccc(Cl)c(Cl)c2)cc1[N+](=O)[O-].